The average Bonchev–Trinajstić information content (AvgIpc) is 2.97. The molecule has 1 heterocycles. The van der Waals surface area contributed by atoms with E-state index >= 15 is 0 Å². The molecular weight excluding hydrogens is 388 g/mol. The summed E-state index contributed by atoms with van der Waals surface area (Å²) >= 11 is 5.97. The summed E-state index contributed by atoms with van der Waals surface area (Å²) in [5, 5.41) is 7.65. The van der Waals surface area contributed by atoms with Gasteiger partial charge in [-0.15, -0.1) is 0 Å². The van der Waals surface area contributed by atoms with Crippen LogP contribution in [0.1, 0.15) is 55.5 Å². The Morgan fingerprint density at radius 3 is 2.52 bits per heavy atom. The van der Waals surface area contributed by atoms with E-state index in [4.69, 9.17) is 11.6 Å². The molecule has 0 radical (unpaired) electrons. The SMILES string of the molecule is Cc1cc(/C=N\NC(=O)CC(=O)NC2CCCCC2)c(C)n1-c1ccc(Cl)cc1. The molecule has 2 aromatic rings. The lowest BCUT2D eigenvalue weighted by Crippen LogP contribution is -2.38. The summed E-state index contributed by atoms with van der Waals surface area (Å²) in [5.41, 5.74) is 6.39. The number of hydrogen-bond donors (Lipinski definition) is 2. The number of rotatable bonds is 6. The maximum atomic E-state index is 12.0. The summed E-state index contributed by atoms with van der Waals surface area (Å²) in [7, 11) is 0. The Kier molecular flexibility index (Phi) is 7.09. The molecule has 6 nitrogen and oxygen atoms in total. The van der Waals surface area contributed by atoms with Gasteiger partial charge in [-0.1, -0.05) is 30.9 Å². The van der Waals surface area contributed by atoms with Crippen molar-refractivity contribution in [1.82, 2.24) is 15.3 Å². The molecule has 0 unspecified atom stereocenters. The second kappa shape index (κ2) is 9.74. The number of aryl methyl sites for hydroxylation is 1. The van der Waals surface area contributed by atoms with Crippen molar-refractivity contribution in [3.05, 3.63) is 52.3 Å². The molecule has 0 saturated heterocycles. The van der Waals surface area contributed by atoms with Crippen molar-refractivity contribution >= 4 is 29.6 Å². The number of amides is 2. The smallest absolute Gasteiger partial charge is 0.249 e. The Bertz CT molecular complexity index is 896. The first-order valence-electron chi connectivity index (χ1n) is 10.00. The van der Waals surface area contributed by atoms with Gasteiger partial charge in [0.2, 0.25) is 11.8 Å². The van der Waals surface area contributed by atoms with E-state index < -0.39 is 5.91 Å². The number of benzene rings is 1. The highest BCUT2D eigenvalue weighted by Crippen LogP contribution is 2.21. The minimum absolute atomic E-state index is 0.200. The summed E-state index contributed by atoms with van der Waals surface area (Å²) < 4.78 is 2.09. The van der Waals surface area contributed by atoms with Crippen LogP contribution >= 0.6 is 11.6 Å². The molecule has 2 N–H and O–H groups in total. The molecule has 7 heteroatoms. The van der Waals surface area contributed by atoms with Crippen LogP contribution in [0.4, 0.5) is 0 Å². The first-order chi connectivity index (χ1) is 13.9. The van der Waals surface area contributed by atoms with Gasteiger partial charge in [0.1, 0.15) is 6.42 Å². The fraction of sp³-hybridized carbons (Fsp3) is 0.409. The Balaban J connectivity index is 1.56. The Hall–Kier alpha value is -2.60. The lowest BCUT2D eigenvalue weighted by atomic mass is 9.95. The number of aromatic nitrogens is 1. The van der Waals surface area contributed by atoms with Gasteiger partial charge in [-0.05, 0) is 57.0 Å². The van der Waals surface area contributed by atoms with Crippen LogP contribution in [0.25, 0.3) is 5.69 Å². The molecule has 0 bridgehead atoms. The monoisotopic (exact) mass is 414 g/mol. The third kappa shape index (κ3) is 5.70. The lowest BCUT2D eigenvalue weighted by molar-refractivity contribution is -0.129. The second-order valence-corrected chi connectivity index (χ2v) is 7.95. The van der Waals surface area contributed by atoms with Crippen LogP contribution in [0.3, 0.4) is 0 Å². The number of carbonyl (C=O) groups excluding carboxylic acids is 2. The standard InChI is InChI=1S/C22H27ClN4O2/c1-15-12-17(16(2)27(15)20-10-8-18(23)9-11-20)14-24-26-22(29)13-21(28)25-19-6-4-3-5-7-19/h8-12,14,19H,3-7,13H2,1-2H3,(H,25,28)(H,26,29)/b24-14-. The summed E-state index contributed by atoms with van der Waals surface area (Å²) in [4.78, 5) is 24.0. The van der Waals surface area contributed by atoms with Crippen LogP contribution in [0.5, 0.6) is 0 Å². The highest BCUT2D eigenvalue weighted by Gasteiger charge is 2.17. The Morgan fingerprint density at radius 2 is 1.83 bits per heavy atom. The summed E-state index contributed by atoms with van der Waals surface area (Å²) in [6.07, 6.45) is 6.87. The van der Waals surface area contributed by atoms with Crippen molar-refractivity contribution in [3.63, 3.8) is 0 Å². The number of nitrogens with zero attached hydrogens (tertiary/aromatic N) is 2. The molecule has 1 aromatic heterocycles. The van der Waals surface area contributed by atoms with Crippen molar-refractivity contribution in [1.29, 1.82) is 0 Å². The van der Waals surface area contributed by atoms with E-state index in [0.29, 0.717) is 5.02 Å². The van der Waals surface area contributed by atoms with E-state index in [1.165, 1.54) is 6.42 Å². The highest BCUT2D eigenvalue weighted by atomic mass is 35.5. The van der Waals surface area contributed by atoms with Crippen molar-refractivity contribution in [3.8, 4) is 5.69 Å². The minimum atomic E-state index is -0.416. The number of hydrazone groups is 1. The van der Waals surface area contributed by atoms with Crippen LogP contribution in [0, 0.1) is 13.8 Å². The lowest BCUT2D eigenvalue weighted by Gasteiger charge is -2.22. The maximum Gasteiger partial charge on any atom is 0.249 e. The number of carbonyl (C=O) groups is 2. The van der Waals surface area contributed by atoms with E-state index in [1.54, 1.807) is 6.21 Å². The zero-order valence-corrected chi connectivity index (χ0v) is 17.6. The molecule has 1 aliphatic carbocycles. The van der Waals surface area contributed by atoms with E-state index in [-0.39, 0.29) is 18.4 Å². The Labute approximate surface area is 176 Å². The molecule has 1 aliphatic rings. The van der Waals surface area contributed by atoms with Crippen LogP contribution in [-0.4, -0.2) is 28.6 Å². The summed E-state index contributed by atoms with van der Waals surface area (Å²) in [6.45, 7) is 4.00. The predicted molar refractivity (Wildman–Crippen MR) is 116 cm³/mol. The molecule has 29 heavy (non-hydrogen) atoms. The van der Waals surface area contributed by atoms with E-state index in [9.17, 15) is 9.59 Å². The van der Waals surface area contributed by atoms with Gasteiger partial charge >= 0.3 is 0 Å². The van der Waals surface area contributed by atoms with Gasteiger partial charge in [0.15, 0.2) is 0 Å². The molecule has 154 valence electrons. The van der Waals surface area contributed by atoms with E-state index in [0.717, 1.165) is 48.3 Å². The molecule has 0 atom stereocenters. The van der Waals surface area contributed by atoms with Crippen LogP contribution in [-0.2, 0) is 9.59 Å². The van der Waals surface area contributed by atoms with Crippen LogP contribution in [0.15, 0.2) is 35.4 Å². The fourth-order valence-corrected chi connectivity index (χ4v) is 3.92. The average molecular weight is 415 g/mol. The predicted octanol–water partition coefficient (Wildman–Crippen LogP) is 4.04. The molecular formula is C22H27ClN4O2. The third-order valence-corrected chi connectivity index (χ3v) is 5.49. The third-order valence-electron chi connectivity index (χ3n) is 5.24. The molecule has 2 amide bonds. The number of hydrogen-bond acceptors (Lipinski definition) is 3. The quantitative estimate of drug-likeness (QED) is 0.425. The Morgan fingerprint density at radius 1 is 1.14 bits per heavy atom. The van der Waals surface area contributed by atoms with Crippen molar-refractivity contribution in [2.75, 3.05) is 0 Å². The highest BCUT2D eigenvalue weighted by molar-refractivity contribution is 6.30. The van der Waals surface area contributed by atoms with E-state index in [1.807, 2.05) is 44.2 Å². The topological polar surface area (TPSA) is 75.5 Å². The van der Waals surface area contributed by atoms with Gasteiger partial charge in [-0.25, -0.2) is 5.43 Å². The minimum Gasteiger partial charge on any atom is -0.353 e. The first kappa shape index (κ1) is 21.1. The largest absolute Gasteiger partial charge is 0.353 e. The van der Waals surface area contributed by atoms with Crippen LogP contribution in [0.2, 0.25) is 5.02 Å². The number of halogens is 1. The van der Waals surface area contributed by atoms with Crippen molar-refractivity contribution in [2.45, 2.75) is 58.4 Å². The van der Waals surface area contributed by atoms with Gasteiger partial charge in [0.05, 0.1) is 6.21 Å². The van der Waals surface area contributed by atoms with Crippen LogP contribution < -0.4 is 10.7 Å². The molecule has 0 spiro atoms. The molecule has 3 rings (SSSR count). The van der Waals surface area contributed by atoms with Crippen molar-refractivity contribution in [2.24, 2.45) is 5.10 Å². The van der Waals surface area contributed by atoms with E-state index in [2.05, 4.69) is 20.4 Å². The zero-order valence-electron chi connectivity index (χ0n) is 16.9. The second-order valence-electron chi connectivity index (χ2n) is 7.51. The molecule has 1 fully saturated rings. The van der Waals surface area contributed by atoms with Gasteiger partial charge < -0.3 is 9.88 Å². The number of nitrogens with one attached hydrogen (secondary N) is 2. The fourth-order valence-electron chi connectivity index (χ4n) is 3.79. The van der Waals surface area contributed by atoms with Gasteiger partial charge in [-0.3, -0.25) is 9.59 Å². The maximum absolute atomic E-state index is 12.0. The molecule has 0 aliphatic heterocycles. The van der Waals surface area contributed by atoms with Crippen molar-refractivity contribution < 1.29 is 9.59 Å². The molecule has 1 aromatic carbocycles. The normalized spacial score (nSPS) is 14.9. The van der Waals surface area contributed by atoms with Gasteiger partial charge in [0, 0.05) is 33.7 Å². The van der Waals surface area contributed by atoms with Gasteiger partial charge in [-0.2, -0.15) is 5.10 Å². The molecule has 1 saturated carbocycles. The summed E-state index contributed by atoms with van der Waals surface area (Å²) in [5.74, 6) is -0.661. The summed E-state index contributed by atoms with van der Waals surface area (Å²) in [6, 6.07) is 9.80. The first-order valence-corrected chi connectivity index (χ1v) is 10.4. The zero-order chi connectivity index (χ0) is 20.8. The van der Waals surface area contributed by atoms with Gasteiger partial charge in [0.25, 0.3) is 0 Å².